The lowest BCUT2D eigenvalue weighted by Gasteiger charge is -2.13. The van der Waals surface area contributed by atoms with E-state index in [9.17, 15) is 4.79 Å². The average Bonchev–Trinajstić information content (AvgIpc) is 2.49. The molecule has 1 heterocycles. The van der Waals surface area contributed by atoms with Crippen molar-refractivity contribution in [3.8, 4) is 11.5 Å². The van der Waals surface area contributed by atoms with Crippen LogP contribution in [0.5, 0.6) is 11.5 Å². The Morgan fingerprint density at radius 3 is 2.57 bits per heavy atom. The Bertz CT molecular complexity index is 677. The third kappa shape index (κ3) is 3.25. The molecule has 1 amide bonds. The molecule has 0 aliphatic rings. The van der Waals surface area contributed by atoms with Gasteiger partial charge in [-0.2, -0.15) is 0 Å². The quantitative estimate of drug-likeness (QED) is 0.827. The molecule has 0 spiro atoms. The smallest absolute Gasteiger partial charge is 0.257 e. The van der Waals surface area contributed by atoms with Gasteiger partial charge in [0.1, 0.15) is 0 Å². The molecule has 0 aliphatic carbocycles. The molecule has 0 saturated carbocycles. The second-order valence-corrected chi connectivity index (χ2v) is 4.96. The van der Waals surface area contributed by atoms with E-state index in [4.69, 9.17) is 15.2 Å². The summed E-state index contributed by atoms with van der Waals surface area (Å²) in [4.78, 5) is 16.3. The molecule has 3 N–H and O–H groups in total. The molecular formula is C14H14BrN3O3. The third-order valence-electron chi connectivity index (χ3n) is 2.82. The fourth-order valence-electron chi connectivity index (χ4n) is 1.76. The number of benzene rings is 1. The number of pyridine rings is 1. The maximum Gasteiger partial charge on any atom is 0.257 e. The molecule has 0 bridgehead atoms. The van der Waals surface area contributed by atoms with Gasteiger partial charge in [0.25, 0.3) is 5.91 Å². The zero-order chi connectivity index (χ0) is 15.4. The number of ether oxygens (including phenoxy) is 2. The molecule has 2 rings (SSSR count). The van der Waals surface area contributed by atoms with Gasteiger partial charge in [0.05, 0.1) is 29.9 Å². The van der Waals surface area contributed by atoms with Gasteiger partial charge in [0, 0.05) is 24.1 Å². The van der Waals surface area contributed by atoms with Crippen molar-refractivity contribution in [2.75, 3.05) is 25.3 Å². The van der Waals surface area contributed by atoms with E-state index in [1.54, 1.807) is 30.6 Å². The van der Waals surface area contributed by atoms with Gasteiger partial charge in [-0.3, -0.25) is 9.78 Å². The molecule has 110 valence electrons. The van der Waals surface area contributed by atoms with E-state index in [1.165, 1.54) is 14.2 Å². The summed E-state index contributed by atoms with van der Waals surface area (Å²) in [5.74, 6) is 0.558. The molecule has 0 aliphatic heterocycles. The highest BCUT2D eigenvalue weighted by Crippen LogP contribution is 2.32. The number of carbonyl (C=O) groups excluding carboxylic acids is 1. The number of rotatable bonds is 4. The van der Waals surface area contributed by atoms with Gasteiger partial charge < -0.3 is 20.5 Å². The number of hydrogen-bond donors (Lipinski definition) is 2. The molecule has 0 fully saturated rings. The molecular weight excluding hydrogens is 338 g/mol. The van der Waals surface area contributed by atoms with Crippen LogP contribution in [0.25, 0.3) is 0 Å². The standard InChI is InChI=1S/C14H14BrN3O3/c1-20-12-5-8(10(16)6-13(12)21-2)14(19)18-11-3-4-17-7-9(11)15/h3-7H,16H2,1-2H3,(H,17,18,19). The van der Waals surface area contributed by atoms with Gasteiger partial charge >= 0.3 is 0 Å². The number of nitrogens with zero attached hydrogens (tertiary/aromatic N) is 1. The molecule has 0 saturated heterocycles. The molecule has 6 nitrogen and oxygen atoms in total. The highest BCUT2D eigenvalue weighted by atomic mass is 79.9. The van der Waals surface area contributed by atoms with Crippen LogP contribution >= 0.6 is 15.9 Å². The van der Waals surface area contributed by atoms with E-state index in [0.29, 0.717) is 32.9 Å². The van der Waals surface area contributed by atoms with E-state index >= 15 is 0 Å². The van der Waals surface area contributed by atoms with Crippen molar-refractivity contribution in [3.05, 3.63) is 40.6 Å². The minimum atomic E-state index is -0.347. The van der Waals surface area contributed by atoms with Crippen molar-refractivity contribution in [1.29, 1.82) is 0 Å². The number of carbonyl (C=O) groups is 1. The minimum Gasteiger partial charge on any atom is -0.493 e. The summed E-state index contributed by atoms with van der Waals surface area (Å²) in [5.41, 5.74) is 7.10. The summed E-state index contributed by atoms with van der Waals surface area (Å²) >= 11 is 3.31. The van der Waals surface area contributed by atoms with E-state index in [1.807, 2.05) is 0 Å². The molecule has 7 heteroatoms. The summed E-state index contributed by atoms with van der Waals surface area (Å²) in [6.07, 6.45) is 3.17. The largest absolute Gasteiger partial charge is 0.493 e. The van der Waals surface area contributed by atoms with Crippen molar-refractivity contribution in [3.63, 3.8) is 0 Å². The van der Waals surface area contributed by atoms with Crippen molar-refractivity contribution in [2.45, 2.75) is 0 Å². The Morgan fingerprint density at radius 2 is 1.95 bits per heavy atom. The summed E-state index contributed by atoms with van der Waals surface area (Å²) < 4.78 is 11.0. The van der Waals surface area contributed by atoms with Crippen molar-refractivity contribution >= 4 is 33.2 Å². The molecule has 0 atom stereocenters. The highest BCUT2D eigenvalue weighted by Gasteiger charge is 2.16. The van der Waals surface area contributed by atoms with Gasteiger partial charge in [0.15, 0.2) is 11.5 Å². The Balaban J connectivity index is 2.33. The average molecular weight is 352 g/mol. The number of methoxy groups -OCH3 is 2. The zero-order valence-electron chi connectivity index (χ0n) is 11.5. The lowest BCUT2D eigenvalue weighted by molar-refractivity contribution is 0.102. The SMILES string of the molecule is COc1cc(N)c(C(=O)Nc2ccncc2Br)cc1OC. The molecule has 1 aromatic heterocycles. The second kappa shape index (κ2) is 6.45. The summed E-state index contributed by atoms with van der Waals surface area (Å²) in [5, 5.41) is 2.75. The van der Waals surface area contributed by atoms with Gasteiger partial charge in [-0.25, -0.2) is 0 Å². The number of amides is 1. The number of nitrogens with one attached hydrogen (secondary N) is 1. The first-order valence-electron chi connectivity index (χ1n) is 5.99. The predicted molar refractivity (Wildman–Crippen MR) is 83.8 cm³/mol. The molecule has 2 aromatic rings. The Kier molecular flexibility index (Phi) is 4.64. The van der Waals surface area contributed by atoms with Gasteiger partial charge in [0.2, 0.25) is 0 Å². The van der Waals surface area contributed by atoms with Gasteiger partial charge in [-0.15, -0.1) is 0 Å². The van der Waals surface area contributed by atoms with E-state index in [0.717, 1.165) is 0 Å². The molecule has 21 heavy (non-hydrogen) atoms. The molecule has 1 aromatic carbocycles. The predicted octanol–water partition coefficient (Wildman–Crippen LogP) is 2.70. The van der Waals surface area contributed by atoms with Crippen LogP contribution in [0.15, 0.2) is 35.1 Å². The minimum absolute atomic E-state index is 0.301. The highest BCUT2D eigenvalue weighted by molar-refractivity contribution is 9.10. The zero-order valence-corrected chi connectivity index (χ0v) is 13.1. The van der Waals surface area contributed by atoms with Crippen LogP contribution in [0.4, 0.5) is 11.4 Å². The fourth-order valence-corrected chi connectivity index (χ4v) is 2.11. The van der Waals surface area contributed by atoms with E-state index < -0.39 is 0 Å². The van der Waals surface area contributed by atoms with Crippen molar-refractivity contribution in [2.24, 2.45) is 0 Å². The second-order valence-electron chi connectivity index (χ2n) is 4.10. The van der Waals surface area contributed by atoms with Crippen LogP contribution in [0.2, 0.25) is 0 Å². The van der Waals surface area contributed by atoms with Crippen LogP contribution in [-0.2, 0) is 0 Å². The van der Waals surface area contributed by atoms with Crippen molar-refractivity contribution in [1.82, 2.24) is 4.98 Å². The number of nitrogens with two attached hydrogens (primary N) is 1. The monoisotopic (exact) mass is 351 g/mol. The molecule has 0 radical (unpaired) electrons. The summed E-state index contributed by atoms with van der Waals surface area (Å²) in [7, 11) is 3.00. The first kappa shape index (κ1) is 15.1. The maximum atomic E-state index is 12.3. The number of anilines is 2. The maximum absolute atomic E-state index is 12.3. The lowest BCUT2D eigenvalue weighted by atomic mass is 10.1. The van der Waals surface area contributed by atoms with Crippen LogP contribution in [0, 0.1) is 0 Å². The molecule has 0 unspecified atom stereocenters. The normalized spacial score (nSPS) is 10.0. The lowest BCUT2D eigenvalue weighted by Crippen LogP contribution is -2.15. The first-order chi connectivity index (χ1) is 10.1. The summed E-state index contributed by atoms with van der Waals surface area (Å²) in [6.45, 7) is 0. The van der Waals surface area contributed by atoms with E-state index in [-0.39, 0.29) is 5.91 Å². The van der Waals surface area contributed by atoms with Crippen LogP contribution in [0.1, 0.15) is 10.4 Å². The first-order valence-corrected chi connectivity index (χ1v) is 6.78. The Morgan fingerprint density at radius 1 is 1.29 bits per heavy atom. The van der Waals surface area contributed by atoms with Crippen LogP contribution in [-0.4, -0.2) is 25.1 Å². The van der Waals surface area contributed by atoms with Gasteiger partial charge in [-0.1, -0.05) is 0 Å². The Labute approximate surface area is 130 Å². The Hall–Kier alpha value is -2.28. The van der Waals surface area contributed by atoms with Crippen LogP contribution in [0.3, 0.4) is 0 Å². The van der Waals surface area contributed by atoms with Gasteiger partial charge in [-0.05, 0) is 28.1 Å². The number of halogens is 1. The number of nitrogen functional groups attached to an aromatic ring is 1. The third-order valence-corrected chi connectivity index (χ3v) is 3.45. The van der Waals surface area contributed by atoms with Crippen molar-refractivity contribution < 1.29 is 14.3 Å². The summed E-state index contributed by atoms with van der Waals surface area (Å²) in [6, 6.07) is 4.77. The van der Waals surface area contributed by atoms with E-state index in [2.05, 4.69) is 26.2 Å². The number of aromatic nitrogens is 1. The number of hydrogen-bond acceptors (Lipinski definition) is 5. The fraction of sp³-hybridized carbons (Fsp3) is 0.143. The van der Waals surface area contributed by atoms with Crippen LogP contribution < -0.4 is 20.5 Å². The topological polar surface area (TPSA) is 86.5 Å².